The molecule has 0 bridgehead atoms. The molecule has 1 unspecified atom stereocenters. The summed E-state index contributed by atoms with van der Waals surface area (Å²) in [5, 5.41) is 3.56. The Hall–Kier alpha value is -0.0800. The van der Waals surface area contributed by atoms with E-state index in [1.807, 2.05) is 0 Å². The molecule has 1 fully saturated rings. The van der Waals surface area contributed by atoms with Crippen LogP contribution in [0.4, 0.5) is 0 Å². The first-order chi connectivity index (χ1) is 9.00. The monoisotopic (exact) mass is 268 g/mol. The molecule has 1 saturated carbocycles. The van der Waals surface area contributed by atoms with Crippen LogP contribution in [0.1, 0.15) is 73.1 Å². The molecule has 0 saturated heterocycles. The van der Waals surface area contributed by atoms with Crippen LogP contribution in [-0.4, -0.2) is 36.1 Å². The van der Waals surface area contributed by atoms with Gasteiger partial charge in [-0.25, -0.2) is 0 Å². The average molecular weight is 268 g/mol. The zero-order chi connectivity index (χ0) is 14.3. The summed E-state index contributed by atoms with van der Waals surface area (Å²) in [5.41, 5.74) is 0. The van der Waals surface area contributed by atoms with Gasteiger partial charge in [0.25, 0.3) is 0 Å². The van der Waals surface area contributed by atoms with Crippen LogP contribution in [0, 0.1) is 5.92 Å². The summed E-state index contributed by atoms with van der Waals surface area (Å²) >= 11 is 0. The topological polar surface area (TPSA) is 15.3 Å². The highest BCUT2D eigenvalue weighted by Gasteiger charge is 2.26. The molecule has 0 aromatic rings. The van der Waals surface area contributed by atoms with Gasteiger partial charge < -0.3 is 5.32 Å². The molecule has 2 heteroatoms. The van der Waals surface area contributed by atoms with E-state index in [0.29, 0.717) is 6.04 Å². The maximum Gasteiger partial charge on any atom is 0.00980 e. The van der Waals surface area contributed by atoms with Crippen LogP contribution < -0.4 is 5.32 Å². The zero-order valence-electron chi connectivity index (χ0n) is 13.9. The fraction of sp³-hybridized carbons (Fsp3) is 1.00. The summed E-state index contributed by atoms with van der Waals surface area (Å²) in [5.74, 6) is 0.824. The van der Waals surface area contributed by atoms with Crippen LogP contribution in [0.25, 0.3) is 0 Å². The first-order valence-electron chi connectivity index (χ1n) is 8.49. The lowest BCUT2D eigenvalue weighted by molar-refractivity contribution is 0.130. The lowest BCUT2D eigenvalue weighted by Gasteiger charge is -2.35. The summed E-state index contributed by atoms with van der Waals surface area (Å²) < 4.78 is 0. The van der Waals surface area contributed by atoms with E-state index in [1.165, 1.54) is 45.1 Å². The normalized spacial score (nSPS) is 18.9. The molecule has 0 heterocycles. The molecule has 0 aromatic heterocycles. The Balaban J connectivity index is 2.41. The lowest BCUT2D eigenvalue weighted by atomic mass is 10.1. The second-order valence-electron chi connectivity index (χ2n) is 7.11. The Morgan fingerprint density at radius 3 is 2.16 bits per heavy atom. The van der Waals surface area contributed by atoms with Crippen LogP contribution in [-0.2, 0) is 0 Å². The minimum Gasteiger partial charge on any atom is -0.314 e. The molecule has 0 aromatic carbocycles. The third kappa shape index (κ3) is 6.76. The Bertz CT molecular complexity index is 219. The van der Waals surface area contributed by atoms with E-state index in [1.54, 1.807) is 0 Å². The van der Waals surface area contributed by atoms with Crippen molar-refractivity contribution in [3.8, 4) is 0 Å². The largest absolute Gasteiger partial charge is 0.314 e. The highest BCUT2D eigenvalue weighted by molar-refractivity contribution is 4.81. The molecule has 1 aliphatic rings. The molecule has 0 amide bonds. The maximum atomic E-state index is 3.56. The van der Waals surface area contributed by atoms with Crippen molar-refractivity contribution >= 4 is 0 Å². The van der Waals surface area contributed by atoms with Crippen LogP contribution >= 0.6 is 0 Å². The van der Waals surface area contributed by atoms with Gasteiger partial charge >= 0.3 is 0 Å². The SMILES string of the molecule is CC(C)CCN(C(C)CCNC(C)C)C1CCCC1. The Labute approximate surface area is 121 Å². The molecule has 114 valence electrons. The molecule has 0 aliphatic heterocycles. The van der Waals surface area contributed by atoms with Crippen LogP contribution in [0.5, 0.6) is 0 Å². The van der Waals surface area contributed by atoms with Crippen LogP contribution in [0.3, 0.4) is 0 Å². The van der Waals surface area contributed by atoms with E-state index in [9.17, 15) is 0 Å². The number of nitrogens with one attached hydrogen (secondary N) is 1. The minimum absolute atomic E-state index is 0.614. The number of hydrogen-bond donors (Lipinski definition) is 1. The van der Waals surface area contributed by atoms with Crippen molar-refractivity contribution in [1.82, 2.24) is 10.2 Å². The van der Waals surface area contributed by atoms with Crippen molar-refractivity contribution in [3.05, 3.63) is 0 Å². The average Bonchev–Trinajstić information content (AvgIpc) is 2.82. The molecular weight excluding hydrogens is 232 g/mol. The van der Waals surface area contributed by atoms with Gasteiger partial charge in [-0.15, -0.1) is 0 Å². The number of rotatable bonds is 9. The van der Waals surface area contributed by atoms with Gasteiger partial charge in [0.15, 0.2) is 0 Å². The zero-order valence-corrected chi connectivity index (χ0v) is 13.9. The summed E-state index contributed by atoms with van der Waals surface area (Å²) in [6.45, 7) is 14.0. The van der Waals surface area contributed by atoms with Crippen molar-refractivity contribution in [2.24, 2.45) is 5.92 Å². The smallest absolute Gasteiger partial charge is 0.00980 e. The van der Waals surface area contributed by atoms with Crippen LogP contribution in [0.15, 0.2) is 0 Å². The minimum atomic E-state index is 0.614. The van der Waals surface area contributed by atoms with Gasteiger partial charge in [-0.2, -0.15) is 0 Å². The van der Waals surface area contributed by atoms with E-state index < -0.39 is 0 Å². The second kappa shape index (κ2) is 8.97. The Morgan fingerprint density at radius 2 is 1.63 bits per heavy atom. The molecule has 19 heavy (non-hydrogen) atoms. The summed E-state index contributed by atoms with van der Waals surface area (Å²) in [6, 6.07) is 2.21. The van der Waals surface area contributed by atoms with Crippen molar-refractivity contribution < 1.29 is 0 Å². The van der Waals surface area contributed by atoms with Gasteiger partial charge in [0.2, 0.25) is 0 Å². The number of nitrogens with zero attached hydrogens (tertiary/aromatic N) is 1. The molecule has 2 nitrogen and oxygen atoms in total. The quantitative estimate of drug-likeness (QED) is 0.678. The highest BCUT2D eigenvalue weighted by atomic mass is 15.2. The van der Waals surface area contributed by atoms with E-state index in [0.717, 1.165) is 24.5 Å². The third-order valence-electron chi connectivity index (χ3n) is 4.44. The predicted octanol–water partition coefficient (Wildman–Crippen LogP) is 4.05. The molecule has 1 N–H and O–H groups in total. The first-order valence-corrected chi connectivity index (χ1v) is 8.49. The fourth-order valence-electron chi connectivity index (χ4n) is 3.15. The summed E-state index contributed by atoms with van der Waals surface area (Å²) in [6.07, 6.45) is 8.38. The molecule has 1 aliphatic carbocycles. The second-order valence-corrected chi connectivity index (χ2v) is 7.11. The van der Waals surface area contributed by atoms with Crippen molar-refractivity contribution in [2.45, 2.75) is 91.3 Å². The van der Waals surface area contributed by atoms with E-state index >= 15 is 0 Å². The number of hydrogen-bond acceptors (Lipinski definition) is 2. The van der Waals surface area contributed by atoms with Crippen molar-refractivity contribution in [3.63, 3.8) is 0 Å². The van der Waals surface area contributed by atoms with Gasteiger partial charge in [-0.05, 0) is 51.6 Å². The first kappa shape index (κ1) is 17.0. The van der Waals surface area contributed by atoms with Gasteiger partial charge in [-0.3, -0.25) is 4.90 Å². The van der Waals surface area contributed by atoms with Gasteiger partial charge in [0, 0.05) is 18.1 Å². The Kier molecular flexibility index (Phi) is 8.01. The van der Waals surface area contributed by atoms with Gasteiger partial charge in [0.1, 0.15) is 0 Å². The van der Waals surface area contributed by atoms with E-state index in [-0.39, 0.29) is 0 Å². The molecule has 1 rings (SSSR count). The van der Waals surface area contributed by atoms with E-state index in [4.69, 9.17) is 0 Å². The predicted molar refractivity (Wildman–Crippen MR) is 85.6 cm³/mol. The van der Waals surface area contributed by atoms with Crippen molar-refractivity contribution in [2.75, 3.05) is 13.1 Å². The van der Waals surface area contributed by atoms with Gasteiger partial charge in [-0.1, -0.05) is 40.5 Å². The fourth-order valence-corrected chi connectivity index (χ4v) is 3.15. The molecule has 0 radical (unpaired) electrons. The standard InChI is InChI=1S/C17H36N2/c1-14(2)11-13-19(17-8-6-7-9-17)16(5)10-12-18-15(3)4/h14-18H,6-13H2,1-5H3. The van der Waals surface area contributed by atoms with E-state index in [2.05, 4.69) is 44.8 Å². The molecule has 0 spiro atoms. The summed E-state index contributed by atoms with van der Waals surface area (Å²) in [7, 11) is 0. The third-order valence-corrected chi connectivity index (χ3v) is 4.44. The molecular formula is C17H36N2. The van der Waals surface area contributed by atoms with Crippen LogP contribution in [0.2, 0.25) is 0 Å². The molecule has 1 atom stereocenters. The highest BCUT2D eigenvalue weighted by Crippen LogP contribution is 2.26. The van der Waals surface area contributed by atoms with Crippen molar-refractivity contribution in [1.29, 1.82) is 0 Å². The maximum absolute atomic E-state index is 3.56. The summed E-state index contributed by atoms with van der Waals surface area (Å²) in [4.78, 5) is 2.81. The Morgan fingerprint density at radius 1 is 1.00 bits per heavy atom. The van der Waals surface area contributed by atoms with Gasteiger partial charge in [0.05, 0.1) is 0 Å². The lowest BCUT2D eigenvalue weighted by Crippen LogP contribution is -2.43.